The van der Waals surface area contributed by atoms with Gasteiger partial charge in [0.2, 0.25) is 0 Å². The van der Waals surface area contributed by atoms with E-state index in [2.05, 4.69) is 15.9 Å². The van der Waals surface area contributed by atoms with Crippen LogP contribution in [0.1, 0.15) is 0 Å². The number of aliphatic hydroxyl groups is 1. The van der Waals surface area contributed by atoms with Crippen LogP contribution in [0.25, 0.3) is 0 Å². The van der Waals surface area contributed by atoms with Crippen LogP contribution in [0.4, 0.5) is 0 Å². The Morgan fingerprint density at radius 2 is 2.22 bits per heavy atom. The number of hydrogen-bond donors (Lipinski definition) is 2. The Labute approximate surface area is 62.2 Å². The summed E-state index contributed by atoms with van der Waals surface area (Å²) in [5, 5.41) is 9.13. The summed E-state index contributed by atoms with van der Waals surface area (Å²) in [5.41, 5.74) is 5.55. The van der Waals surface area contributed by atoms with Gasteiger partial charge in [-0.2, -0.15) is 0 Å². The normalized spacial score (nSPS) is 41.4. The van der Waals surface area contributed by atoms with Crippen LogP contribution in [0, 0.1) is 0 Å². The molecule has 0 saturated heterocycles. The van der Waals surface area contributed by atoms with Crippen LogP contribution in [0.15, 0.2) is 24.3 Å². The van der Waals surface area contributed by atoms with E-state index in [4.69, 9.17) is 10.8 Å². The zero-order valence-electron chi connectivity index (χ0n) is 4.79. The Morgan fingerprint density at radius 3 is 2.56 bits per heavy atom. The minimum atomic E-state index is -0.762. The van der Waals surface area contributed by atoms with E-state index in [0.29, 0.717) is 0 Å². The minimum absolute atomic E-state index is 0.623. The third kappa shape index (κ3) is 1.41. The number of halogens is 1. The van der Waals surface area contributed by atoms with Gasteiger partial charge in [-0.1, -0.05) is 40.2 Å². The SMILES string of the molecule is NC1(Br)C=CC=CC1O. The van der Waals surface area contributed by atoms with Gasteiger partial charge in [0.15, 0.2) is 0 Å². The highest BCUT2D eigenvalue weighted by molar-refractivity contribution is 9.10. The van der Waals surface area contributed by atoms with E-state index in [1.165, 1.54) is 0 Å². The maximum absolute atomic E-state index is 9.13. The van der Waals surface area contributed by atoms with Crippen LogP contribution in [0.3, 0.4) is 0 Å². The number of nitrogens with two attached hydrogens (primary N) is 1. The third-order valence-electron chi connectivity index (χ3n) is 1.21. The molecule has 0 saturated carbocycles. The van der Waals surface area contributed by atoms with E-state index < -0.39 is 10.6 Å². The Morgan fingerprint density at radius 1 is 1.56 bits per heavy atom. The molecule has 0 aromatic heterocycles. The average Bonchev–Trinajstić information content (AvgIpc) is 1.77. The first-order valence-electron chi connectivity index (χ1n) is 2.65. The van der Waals surface area contributed by atoms with Gasteiger partial charge in [0.25, 0.3) is 0 Å². The first kappa shape index (κ1) is 6.99. The van der Waals surface area contributed by atoms with E-state index in [9.17, 15) is 0 Å². The lowest BCUT2D eigenvalue weighted by molar-refractivity contribution is 0.197. The van der Waals surface area contributed by atoms with E-state index in [0.717, 1.165) is 0 Å². The third-order valence-corrected chi connectivity index (χ3v) is 1.94. The fraction of sp³-hybridized carbons (Fsp3) is 0.333. The monoisotopic (exact) mass is 189 g/mol. The van der Waals surface area contributed by atoms with Crippen molar-refractivity contribution >= 4 is 15.9 Å². The van der Waals surface area contributed by atoms with Gasteiger partial charge in [-0.15, -0.1) is 0 Å². The zero-order valence-corrected chi connectivity index (χ0v) is 6.38. The Bertz CT molecular complexity index is 162. The highest BCUT2D eigenvalue weighted by atomic mass is 79.9. The number of rotatable bonds is 0. The zero-order chi connectivity index (χ0) is 6.91. The molecule has 0 bridgehead atoms. The summed E-state index contributed by atoms with van der Waals surface area (Å²) in [6.45, 7) is 0. The van der Waals surface area contributed by atoms with Gasteiger partial charge in [-0.3, -0.25) is 0 Å². The van der Waals surface area contributed by atoms with E-state index in [1.807, 2.05) is 0 Å². The summed E-state index contributed by atoms with van der Waals surface area (Å²) in [6, 6.07) is 0. The molecular formula is C6H8BrNO. The lowest BCUT2D eigenvalue weighted by atomic mass is 10.1. The van der Waals surface area contributed by atoms with Gasteiger partial charge < -0.3 is 10.8 Å². The molecule has 0 amide bonds. The molecular weight excluding hydrogens is 182 g/mol. The lowest BCUT2D eigenvalue weighted by Gasteiger charge is -2.24. The lowest BCUT2D eigenvalue weighted by Crippen LogP contribution is -2.42. The average molecular weight is 190 g/mol. The van der Waals surface area contributed by atoms with Gasteiger partial charge in [0.1, 0.15) is 10.6 Å². The second-order valence-electron chi connectivity index (χ2n) is 2.02. The molecule has 0 heterocycles. The van der Waals surface area contributed by atoms with E-state index >= 15 is 0 Å². The highest BCUT2D eigenvalue weighted by Gasteiger charge is 2.26. The fourth-order valence-electron chi connectivity index (χ4n) is 0.619. The van der Waals surface area contributed by atoms with Crippen molar-refractivity contribution in [3.05, 3.63) is 24.3 Å². The maximum Gasteiger partial charge on any atom is 0.120 e. The maximum atomic E-state index is 9.13. The van der Waals surface area contributed by atoms with Crippen LogP contribution < -0.4 is 5.73 Å². The van der Waals surface area contributed by atoms with Crippen LogP contribution in [0.2, 0.25) is 0 Å². The van der Waals surface area contributed by atoms with Crippen LogP contribution in [-0.2, 0) is 0 Å². The van der Waals surface area contributed by atoms with Crippen molar-refractivity contribution in [2.24, 2.45) is 5.73 Å². The fourth-order valence-corrected chi connectivity index (χ4v) is 0.924. The van der Waals surface area contributed by atoms with Crippen molar-refractivity contribution in [3.63, 3.8) is 0 Å². The Hall–Kier alpha value is -0.120. The molecule has 50 valence electrons. The molecule has 1 rings (SSSR count). The summed E-state index contributed by atoms with van der Waals surface area (Å²) in [4.78, 5) is 0. The van der Waals surface area contributed by atoms with Gasteiger partial charge >= 0.3 is 0 Å². The summed E-state index contributed by atoms with van der Waals surface area (Å²) in [6.07, 6.45) is 6.27. The molecule has 0 aromatic carbocycles. The molecule has 2 nitrogen and oxygen atoms in total. The molecule has 9 heavy (non-hydrogen) atoms. The largest absolute Gasteiger partial charge is 0.386 e. The van der Waals surface area contributed by atoms with Crippen molar-refractivity contribution in [1.82, 2.24) is 0 Å². The first-order chi connectivity index (χ1) is 4.13. The van der Waals surface area contributed by atoms with Gasteiger partial charge in [-0.25, -0.2) is 0 Å². The van der Waals surface area contributed by atoms with Gasteiger partial charge in [0.05, 0.1) is 0 Å². The molecule has 3 N–H and O–H groups in total. The van der Waals surface area contributed by atoms with Crippen LogP contribution >= 0.6 is 15.9 Å². The van der Waals surface area contributed by atoms with Gasteiger partial charge in [-0.05, 0) is 0 Å². The number of alkyl halides is 1. The Balaban J connectivity index is 2.78. The minimum Gasteiger partial charge on any atom is -0.386 e. The Kier molecular flexibility index (Phi) is 1.75. The van der Waals surface area contributed by atoms with Crippen molar-refractivity contribution < 1.29 is 5.11 Å². The van der Waals surface area contributed by atoms with Crippen molar-refractivity contribution in [2.75, 3.05) is 0 Å². The van der Waals surface area contributed by atoms with Crippen molar-refractivity contribution in [3.8, 4) is 0 Å². The second-order valence-corrected chi connectivity index (χ2v) is 3.39. The topological polar surface area (TPSA) is 46.2 Å². The predicted octanol–water partition coefficient (Wildman–Crippen LogP) is 0.523. The highest BCUT2D eigenvalue weighted by Crippen LogP contribution is 2.21. The number of hydrogen-bond acceptors (Lipinski definition) is 2. The molecule has 3 heteroatoms. The molecule has 1 aliphatic carbocycles. The number of aliphatic hydroxyl groups excluding tert-OH is 1. The standard InChI is InChI=1S/C6H8BrNO/c7-6(8)4-2-1-3-5(6)9/h1-5,9H,8H2. The summed E-state index contributed by atoms with van der Waals surface area (Å²) in [5.74, 6) is 0. The van der Waals surface area contributed by atoms with Gasteiger partial charge in [0, 0.05) is 0 Å². The molecule has 0 fully saturated rings. The molecule has 1 aliphatic rings. The summed E-state index contributed by atoms with van der Waals surface area (Å²) < 4.78 is -0.762. The molecule has 2 unspecified atom stereocenters. The van der Waals surface area contributed by atoms with Crippen LogP contribution in [0.5, 0.6) is 0 Å². The molecule has 0 aliphatic heterocycles. The molecule has 0 radical (unpaired) electrons. The molecule has 0 spiro atoms. The second kappa shape index (κ2) is 2.25. The van der Waals surface area contributed by atoms with E-state index in [-0.39, 0.29) is 0 Å². The first-order valence-corrected chi connectivity index (χ1v) is 3.44. The van der Waals surface area contributed by atoms with Crippen molar-refractivity contribution in [2.45, 2.75) is 10.6 Å². The number of allylic oxidation sites excluding steroid dienone is 2. The summed E-state index contributed by atoms with van der Waals surface area (Å²) in [7, 11) is 0. The molecule has 0 aromatic rings. The van der Waals surface area contributed by atoms with Crippen LogP contribution in [-0.4, -0.2) is 15.7 Å². The van der Waals surface area contributed by atoms with Crippen molar-refractivity contribution in [1.29, 1.82) is 0 Å². The van der Waals surface area contributed by atoms with E-state index in [1.54, 1.807) is 24.3 Å². The molecule has 2 atom stereocenters. The smallest absolute Gasteiger partial charge is 0.120 e. The summed E-state index contributed by atoms with van der Waals surface area (Å²) >= 11 is 3.15. The predicted molar refractivity (Wildman–Crippen MR) is 40.1 cm³/mol. The quantitative estimate of drug-likeness (QED) is 0.432.